The summed E-state index contributed by atoms with van der Waals surface area (Å²) in [5, 5.41) is 21.0. The second kappa shape index (κ2) is 7.01. The lowest BCUT2D eigenvalue weighted by Crippen LogP contribution is -2.14. The summed E-state index contributed by atoms with van der Waals surface area (Å²) in [6, 6.07) is 18.2. The number of hydrogen-bond acceptors (Lipinski definition) is 4. The second-order valence-corrected chi connectivity index (χ2v) is 9.14. The first-order valence-corrected chi connectivity index (χ1v) is 10.7. The van der Waals surface area contributed by atoms with E-state index in [1.807, 2.05) is 36.4 Å². The van der Waals surface area contributed by atoms with Crippen molar-refractivity contribution >= 4 is 11.2 Å². The van der Waals surface area contributed by atoms with Crippen LogP contribution in [0.1, 0.15) is 60.5 Å². The Bertz CT molecular complexity index is 1280. The maximum atomic E-state index is 10.7. The van der Waals surface area contributed by atoms with Crippen LogP contribution in [0.4, 0.5) is 0 Å². The van der Waals surface area contributed by atoms with E-state index in [0.717, 1.165) is 28.0 Å². The van der Waals surface area contributed by atoms with Crippen LogP contribution in [0.3, 0.4) is 0 Å². The summed E-state index contributed by atoms with van der Waals surface area (Å²) in [4.78, 5) is 9.66. The number of imidazole rings is 1. The van der Waals surface area contributed by atoms with Gasteiger partial charge in [-0.25, -0.2) is 9.97 Å². The highest BCUT2D eigenvalue weighted by Crippen LogP contribution is 2.42. The minimum atomic E-state index is -0.878. The number of aliphatic hydroxyl groups excluding tert-OH is 1. The largest absolute Gasteiger partial charge is 0.386 e. The molecule has 5 nitrogen and oxygen atoms in total. The molecule has 1 aliphatic rings. The van der Waals surface area contributed by atoms with E-state index in [4.69, 9.17) is 9.97 Å². The molecule has 0 bridgehead atoms. The van der Waals surface area contributed by atoms with Crippen LogP contribution in [0.15, 0.2) is 54.6 Å². The summed E-state index contributed by atoms with van der Waals surface area (Å²) in [6.07, 6.45) is 0.00279. The number of aliphatic hydroxyl groups is 2. The first kappa shape index (κ1) is 19.9. The molecule has 158 valence electrons. The molecule has 1 aliphatic heterocycles. The first-order valence-electron chi connectivity index (χ1n) is 10.7. The topological polar surface area (TPSA) is 71.2 Å². The SMILES string of the molecule is Cc1ccc(C)c(C2CC(O)c3nc4ccc(-c5ccc(C(C)(C)O)cc5)nc4n32)c1. The van der Waals surface area contributed by atoms with Gasteiger partial charge in [0.2, 0.25) is 0 Å². The normalized spacial score (nSPS) is 18.5. The standard InChI is InChI=1S/C26H27N3O2/c1-15-5-6-16(2)19(13-15)22-14-23(30)25-28-21-12-11-20(27-24(21)29(22)25)17-7-9-18(10-8-17)26(3,4)31/h5-13,22-23,30-31H,14H2,1-4H3. The molecular weight excluding hydrogens is 386 g/mol. The third-order valence-electron chi connectivity index (χ3n) is 6.30. The number of benzene rings is 2. The summed E-state index contributed by atoms with van der Waals surface area (Å²) in [5.41, 5.74) is 7.01. The van der Waals surface area contributed by atoms with Crippen molar-refractivity contribution in [1.29, 1.82) is 0 Å². The molecule has 2 aromatic carbocycles. The van der Waals surface area contributed by atoms with Crippen molar-refractivity contribution in [2.24, 2.45) is 0 Å². The molecular formula is C26H27N3O2. The fourth-order valence-corrected chi connectivity index (χ4v) is 4.55. The van der Waals surface area contributed by atoms with Crippen LogP contribution < -0.4 is 0 Å². The van der Waals surface area contributed by atoms with Gasteiger partial charge in [-0.2, -0.15) is 0 Å². The summed E-state index contributed by atoms with van der Waals surface area (Å²) >= 11 is 0. The van der Waals surface area contributed by atoms with E-state index in [2.05, 4.69) is 36.6 Å². The summed E-state index contributed by atoms with van der Waals surface area (Å²) < 4.78 is 2.11. The minimum Gasteiger partial charge on any atom is -0.386 e. The monoisotopic (exact) mass is 413 g/mol. The highest BCUT2D eigenvalue weighted by atomic mass is 16.3. The predicted octanol–water partition coefficient (Wildman–Crippen LogP) is 4.97. The van der Waals surface area contributed by atoms with Crippen molar-refractivity contribution in [2.45, 2.75) is 51.9 Å². The average molecular weight is 414 g/mol. The van der Waals surface area contributed by atoms with Gasteiger partial charge in [-0.3, -0.25) is 0 Å². The molecule has 2 atom stereocenters. The summed E-state index contributed by atoms with van der Waals surface area (Å²) in [6.45, 7) is 7.76. The Kier molecular flexibility index (Phi) is 4.50. The van der Waals surface area contributed by atoms with Crippen molar-refractivity contribution in [3.05, 3.63) is 82.7 Å². The van der Waals surface area contributed by atoms with Crippen LogP contribution in [-0.2, 0) is 5.60 Å². The number of aryl methyl sites for hydroxylation is 2. The Labute approximate surface area is 182 Å². The maximum absolute atomic E-state index is 10.7. The molecule has 3 heterocycles. The molecule has 0 radical (unpaired) electrons. The Hall–Kier alpha value is -3.02. The number of rotatable bonds is 3. The summed E-state index contributed by atoms with van der Waals surface area (Å²) in [5.74, 6) is 0.683. The molecule has 4 aromatic rings. The molecule has 0 fully saturated rings. The molecule has 0 amide bonds. The van der Waals surface area contributed by atoms with E-state index < -0.39 is 11.7 Å². The zero-order valence-corrected chi connectivity index (χ0v) is 18.3. The van der Waals surface area contributed by atoms with Crippen molar-refractivity contribution in [2.75, 3.05) is 0 Å². The Morgan fingerprint density at radius 2 is 1.71 bits per heavy atom. The summed E-state index contributed by atoms with van der Waals surface area (Å²) in [7, 11) is 0. The van der Waals surface area contributed by atoms with E-state index in [-0.39, 0.29) is 6.04 Å². The van der Waals surface area contributed by atoms with Gasteiger partial charge in [-0.05, 0) is 56.5 Å². The van der Waals surface area contributed by atoms with Crippen molar-refractivity contribution in [3.63, 3.8) is 0 Å². The Morgan fingerprint density at radius 1 is 0.968 bits per heavy atom. The Morgan fingerprint density at radius 3 is 2.42 bits per heavy atom. The van der Waals surface area contributed by atoms with Gasteiger partial charge in [-0.15, -0.1) is 0 Å². The van der Waals surface area contributed by atoms with Gasteiger partial charge in [-0.1, -0.05) is 48.0 Å². The fraction of sp³-hybridized carbons (Fsp3) is 0.308. The lowest BCUT2D eigenvalue weighted by atomic mass is 9.96. The zero-order valence-electron chi connectivity index (χ0n) is 18.3. The molecule has 0 saturated heterocycles. The van der Waals surface area contributed by atoms with Gasteiger partial charge in [0, 0.05) is 12.0 Å². The smallest absolute Gasteiger partial charge is 0.161 e. The van der Waals surface area contributed by atoms with Gasteiger partial charge in [0.05, 0.1) is 17.3 Å². The third-order valence-corrected chi connectivity index (χ3v) is 6.30. The number of nitrogens with zero attached hydrogens (tertiary/aromatic N) is 3. The molecule has 0 aliphatic carbocycles. The molecule has 0 saturated carbocycles. The molecule has 2 unspecified atom stereocenters. The fourth-order valence-electron chi connectivity index (χ4n) is 4.55. The maximum Gasteiger partial charge on any atom is 0.161 e. The number of aromatic nitrogens is 3. The molecule has 5 rings (SSSR count). The molecule has 2 N–H and O–H groups in total. The highest BCUT2D eigenvalue weighted by molar-refractivity contribution is 5.77. The van der Waals surface area contributed by atoms with E-state index >= 15 is 0 Å². The third kappa shape index (κ3) is 3.34. The van der Waals surface area contributed by atoms with Gasteiger partial charge in [0.15, 0.2) is 5.65 Å². The molecule has 2 aromatic heterocycles. The second-order valence-electron chi connectivity index (χ2n) is 9.14. The van der Waals surface area contributed by atoms with Crippen LogP contribution in [0.25, 0.3) is 22.4 Å². The van der Waals surface area contributed by atoms with E-state index in [0.29, 0.717) is 12.2 Å². The number of pyridine rings is 1. The lowest BCUT2D eigenvalue weighted by molar-refractivity contribution is 0.0786. The van der Waals surface area contributed by atoms with Crippen molar-refractivity contribution < 1.29 is 10.2 Å². The zero-order chi connectivity index (χ0) is 21.9. The van der Waals surface area contributed by atoms with Crippen LogP contribution in [0.5, 0.6) is 0 Å². The molecule has 31 heavy (non-hydrogen) atoms. The van der Waals surface area contributed by atoms with Crippen molar-refractivity contribution in [1.82, 2.24) is 14.5 Å². The number of hydrogen-bond donors (Lipinski definition) is 2. The van der Waals surface area contributed by atoms with Crippen LogP contribution in [0, 0.1) is 13.8 Å². The van der Waals surface area contributed by atoms with Gasteiger partial charge in [0.25, 0.3) is 0 Å². The van der Waals surface area contributed by atoms with Crippen LogP contribution in [0.2, 0.25) is 0 Å². The van der Waals surface area contributed by atoms with Crippen molar-refractivity contribution in [3.8, 4) is 11.3 Å². The van der Waals surface area contributed by atoms with Gasteiger partial charge >= 0.3 is 0 Å². The quantitative estimate of drug-likeness (QED) is 0.497. The highest BCUT2D eigenvalue weighted by Gasteiger charge is 2.35. The van der Waals surface area contributed by atoms with Gasteiger partial charge < -0.3 is 14.8 Å². The van der Waals surface area contributed by atoms with E-state index in [1.54, 1.807) is 13.8 Å². The minimum absolute atomic E-state index is 0.00946. The average Bonchev–Trinajstić information content (AvgIpc) is 3.26. The number of fused-ring (bicyclic) bond motifs is 3. The van der Waals surface area contributed by atoms with E-state index in [9.17, 15) is 10.2 Å². The molecule has 0 spiro atoms. The van der Waals surface area contributed by atoms with Gasteiger partial charge in [0.1, 0.15) is 17.4 Å². The van der Waals surface area contributed by atoms with E-state index in [1.165, 1.54) is 16.7 Å². The molecule has 5 heteroatoms. The Balaban J connectivity index is 1.63. The first-order chi connectivity index (χ1) is 14.7. The predicted molar refractivity (Wildman–Crippen MR) is 122 cm³/mol. The van der Waals surface area contributed by atoms with Crippen LogP contribution in [-0.4, -0.2) is 24.7 Å². The lowest BCUT2D eigenvalue weighted by Gasteiger charge is -2.18. The van der Waals surface area contributed by atoms with Crippen LogP contribution >= 0.6 is 0 Å².